The number of aromatic nitrogens is 2. The van der Waals surface area contributed by atoms with E-state index in [0.29, 0.717) is 10.8 Å². The molecule has 0 atom stereocenters. The third-order valence-corrected chi connectivity index (χ3v) is 7.38. The van der Waals surface area contributed by atoms with E-state index in [0.717, 1.165) is 9.99 Å². The highest BCUT2D eigenvalue weighted by Gasteiger charge is 2.18. The lowest BCUT2D eigenvalue weighted by Crippen LogP contribution is -2.22. The fraction of sp³-hybridized carbons (Fsp3) is 0.238. The summed E-state index contributed by atoms with van der Waals surface area (Å²) in [6, 6.07) is 12.4. The van der Waals surface area contributed by atoms with E-state index in [-0.39, 0.29) is 16.6 Å². The predicted molar refractivity (Wildman–Crippen MR) is 120 cm³/mol. The number of hydrogen-bond acceptors (Lipinski definition) is 5. The van der Waals surface area contributed by atoms with E-state index in [1.165, 1.54) is 49.1 Å². The van der Waals surface area contributed by atoms with Crippen LogP contribution < -0.4 is 5.32 Å². The summed E-state index contributed by atoms with van der Waals surface area (Å²) in [5.41, 5.74) is 3.81. The number of sulfonamides is 1. The Kier molecular flexibility index (Phi) is 6.64. The first-order valence-electron chi connectivity index (χ1n) is 9.24. The van der Waals surface area contributed by atoms with Gasteiger partial charge in [-0.05, 0) is 55.3 Å². The third-order valence-electron chi connectivity index (χ3n) is 4.60. The largest absolute Gasteiger partial charge is 0.325 e. The van der Waals surface area contributed by atoms with Gasteiger partial charge in [0.05, 0.1) is 10.6 Å². The van der Waals surface area contributed by atoms with Crippen molar-refractivity contribution in [2.45, 2.75) is 23.9 Å². The first-order chi connectivity index (χ1) is 14.2. The lowest BCUT2D eigenvalue weighted by Gasteiger charge is -2.13. The molecule has 1 aromatic heterocycles. The minimum Gasteiger partial charge on any atom is -0.325 e. The Hall–Kier alpha value is -2.62. The third kappa shape index (κ3) is 4.92. The van der Waals surface area contributed by atoms with Crippen molar-refractivity contribution in [2.24, 2.45) is 0 Å². The molecule has 2 aromatic carbocycles. The van der Waals surface area contributed by atoms with Crippen molar-refractivity contribution in [1.29, 1.82) is 0 Å². The lowest BCUT2D eigenvalue weighted by molar-refractivity contribution is -0.113. The van der Waals surface area contributed by atoms with Gasteiger partial charge in [-0.25, -0.2) is 17.7 Å². The van der Waals surface area contributed by atoms with E-state index in [1.807, 2.05) is 16.8 Å². The van der Waals surface area contributed by atoms with Crippen molar-refractivity contribution in [1.82, 2.24) is 13.9 Å². The number of nitrogens with zero attached hydrogens (tertiary/aromatic N) is 3. The standard InChI is InChI=1S/C21H24N4O3S2/c1-15-8-9-18(12-16(15)2)25-11-10-22-21(25)29-14-20(26)23-17-6-5-7-19(13-17)30(27,28)24(3)4/h5-13H,14H2,1-4H3,(H,23,26). The Labute approximate surface area is 181 Å². The molecule has 0 saturated carbocycles. The molecule has 30 heavy (non-hydrogen) atoms. The predicted octanol–water partition coefficient (Wildman–Crippen LogP) is 3.47. The fourth-order valence-corrected chi connectivity index (χ4v) is 4.46. The number of benzene rings is 2. The van der Waals surface area contributed by atoms with Crippen LogP contribution >= 0.6 is 11.8 Å². The van der Waals surface area contributed by atoms with E-state index in [4.69, 9.17) is 0 Å². The number of rotatable bonds is 7. The topological polar surface area (TPSA) is 84.3 Å². The van der Waals surface area contributed by atoms with Gasteiger partial charge < -0.3 is 5.32 Å². The summed E-state index contributed by atoms with van der Waals surface area (Å²) in [4.78, 5) is 16.9. The smallest absolute Gasteiger partial charge is 0.242 e. The molecule has 3 rings (SSSR count). The molecule has 0 bridgehead atoms. The molecule has 7 nitrogen and oxygen atoms in total. The molecule has 0 aliphatic carbocycles. The van der Waals surface area contributed by atoms with Gasteiger partial charge in [-0.3, -0.25) is 9.36 Å². The van der Waals surface area contributed by atoms with Crippen LogP contribution in [0.2, 0.25) is 0 Å². The van der Waals surface area contributed by atoms with Gasteiger partial charge in [0, 0.05) is 37.9 Å². The number of amides is 1. The average Bonchev–Trinajstić information content (AvgIpc) is 3.17. The van der Waals surface area contributed by atoms with E-state index >= 15 is 0 Å². The molecule has 158 valence electrons. The van der Waals surface area contributed by atoms with Gasteiger partial charge in [0.2, 0.25) is 15.9 Å². The lowest BCUT2D eigenvalue weighted by atomic mass is 10.1. The van der Waals surface area contributed by atoms with Gasteiger partial charge in [0.1, 0.15) is 0 Å². The zero-order valence-electron chi connectivity index (χ0n) is 17.3. The Morgan fingerprint density at radius 1 is 1.13 bits per heavy atom. The molecule has 3 aromatic rings. The summed E-state index contributed by atoms with van der Waals surface area (Å²) in [5.74, 6) is -0.0963. The molecule has 0 aliphatic heterocycles. The Morgan fingerprint density at radius 3 is 2.60 bits per heavy atom. The van der Waals surface area contributed by atoms with Crippen molar-refractivity contribution >= 4 is 33.4 Å². The van der Waals surface area contributed by atoms with Crippen molar-refractivity contribution in [3.05, 3.63) is 66.0 Å². The summed E-state index contributed by atoms with van der Waals surface area (Å²) in [6.45, 7) is 4.12. The van der Waals surface area contributed by atoms with Crippen LogP contribution in [0.15, 0.2) is 64.9 Å². The molecule has 0 aliphatic rings. The van der Waals surface area contributed by atoms with E-state index in [2.05, 4.69) is 36.3 Å². The molecule has 1 heterocycles. The number of carbonyl (C=O) groups excluding carboxylic acids is 1. The Morgan fingerprint density at radius 2 is 1.90 bits per heavy atom. The van der Waals surface area contributed by atoms with Crippen LogP contribution in [0.25, 0.3) is 5.69 Å². The normalized spacial score (nSPS) is 11.6. The summed E-state index contributed by atoms with van der Waals surface area (Å²) in [6.07, 6.45) is 3.56. The number of hydrogen-bond donors (Lipinski definition) is 1. The number of anilines is 1. The molecular formula is C21H24N4O3S2. The summed E-state index contributed by atoms with van der Waals surface area (Å²) in [5, 5.41) is 3.46. The number of carbonyl (C=O) groups is 1. The van der Waals surface area contributed by atoms with Crippen molar-refractivity contribution < 1.29 is 13.2 Å². The van der Waals surface area contributed by atoms with Crippen LogP contribution in [0.3, 0.4) is 0 Å². The molecule has 1 amide bonds. The van der Waals surface area contributed by atoms with Gasteiger partial charge >= 0.3 is 0 Å². The molecule has 9 heteroatoms. The highest BCUT2D eigenvalue weighted by molar-refractivity contribution is 7.99. The SMILES string of the molecule is Cc1ccc(-n2ccnc2SCC(=O)Nc2cccc(S(=O)(=O)N(C)C)c2)cc1C. The number of thioether (sulfide) groups is 1. The summed E-state index contributed by atoms with van der Waals surface area (Å²) < 4.78 is 27.6. The zero-order chi connectivity index (χ0) is 21.9. The van der Waals surface area contributed by atoms with Gasteiger partial charge in [0.25, 0.3) is 0 Å². The first-order valence-corrected chi connectivity index (χ1v) is 11.7. The molecule has 0 unspecified atom stereocenters. The molecule has 0 radical (unpaired) electrons. The van der Waals surface area contributed by atoms with Crippen LogP contribution in [-0.2, 0) is 14.8 Å². The highest BCUT2D eigenvalue weighted by Crippen LogP contribution is 2.23. The van der Waals surface area contributed by atoms with Gasteiger partial charge in [-0.15, -0.1) is 0 Å². The Balaban J connectivity index is 1.68. The van der Waals surface area contributed by atoms with Crippen LogP contribution in [0, 0.1) is 13.8 Å². The molecular weight excluding hydrogens is 420 g/mol. The number of imidazole rings is 1. The van der Waals surface area contributed by atoms with Gasteiger partial charge in [0.15, 0.2) is 5.16 Å². The fourth-order valence-electron chi connectivity index (χ4n) is 2.74. The molecule has 0 fully saturated rings. The van der Waals surface area contributed by atoms with Gasteiger partial charge in [-0.1, -0.05) is 23.9 Å². The highest BCUT2D eigenvalue weighted by atomic mass is 32.2. The second-order valence-corrected chi connectivity index (χ2v) is 10.1. The molecule has 0 saturated heterocycles. The monoisotopic (exact) mass is 444 g/mol. The zero-order valence-corrected chi connectivity index (χ0v) is 18.9. The van der Waals surface area contributed by atoms with Crippen LogP contribution in [0.5, 0.6) is 0 Å². The second kappa shape index (κ2) is 9.03. The van der Waals surface area contributed by atoms with Crippen molar-refractivity contribution in [3.63, 3.8) is 0 Å². The van der Waals surface area contributed by atoms with E-state index in [1.54, 1.807) is 18.3 Å². The number of aryl methyl sites for hydroxylation is 2. The van der Waals surface area contributed by atoms with Crippen LogP contribution in [0.1, 0.15) is 11.1 Å². The average molecular weight is 445 g/mol. The first kappa shape index (κ1) is 22.1. The van der Waals surface area contributed by atoms with Crippen LogP contribution in [0.4, 0.5) is 5.69 Å². The molecule has 1 N–H and O–H groups in total. The summed E-state index contributed by atoms with van der Waals surface area (Å²) >= 11 is 1.31. The second-order valence-electron chi connectivity index (χ2n) is 7.00. The minimum atomic E-state index is -3.56. The number of nitrogens with one attached hydrogen (secondary N) is 1. The summed E-state index contributed by atoms with van der Waals surface area (Å²) in [7, 11) is -0.628. The minimum absolute atomic E-state index is 0.128. The molecule has 0 spiro atoms. The van der Waals surface area contributed by atoms with Crippen molar-refractivity contribution in [3.8, 4) is 5.69 Å². The van der Waals surface area contributed by atoms with E-state index in [9.17, 15) is 13.2 Å². The van der Waals surface area contributed by atoms with Gasteiger partial charge in [-0.2, -0.15) is 0 Å². The quantitative estimate of drug-likeness (QED) is 0.564. The maximum absolute atomic E-state index is 12.4. The maximum Gasteiger partial charge on any atom is 0.242 e. The van der Waals surface area contributed by atoms with E-state index < -0.39 is 10.0 Å². The van der Waals surface area contributed by atoms with Crippen LogP contribution in [-0.4, -0.2) is 48.0 Å². The Bertz CT molecular complexity index is 1170. The van der Waals surface area contributed by atoms with Crippen molar-refractivity contribution in [2.75, 3.05) is 25.2 Å². The maximum atomic E-state index is 12.4.